The standard InChI is InChI=1S/C14H17ClN2/c1-3-4-10(2)17-13-7-8-16-14-9-11(15)5-6-12(13)14/h5-10H,3-4H2,1-2H3,(H,16,17). The number of rotatable bonds is 4. The predicted octanol–water partition coefficient (Wildman–Crippen LogP) is 4.49. The zero-order chi connectivity index (χ0) is 12.3. The molecule has 1 aromatic heterocycles. The van der Waals surface area contributed by atoms with E-state index in [-0.39, 0.29) is 0 Å². The third kappa shape index (κ3) is 2.89. The van der Waals surface area contributed by atoms with Crippen LogP contribution in [-0.4, -0.2) is 11.0 Å². The van der Waals surface area contributed by atoms with Crippen molar-refractivity contribution in [3.63, 3.8) is 0 Å². The molecule has 1 heterocycles. The van der Waals surface area contributed by atoms with Gasteiger partial charge in [-0.25, -0.2) is 0 Å². The van der Waals surface area contributed by atoms with Crippen molar-refractivity contribution in [2.24, 2.45) is 0 Å². The zero-order valence-electron chi connectivity index (χ0n) is 10.2. The minimum atomic E-state index is 0.473. The topological polar surface area (TPSA) is 24.9 Å². The highest BCUT2D eigenvalue weighted by atomic mass is 35.5. The molecule has 0 bridgehead atoms. The van der Waals surface area contributed by atoms with Crippen LogP contribution in [0.25, 0.3) is 10.9 Å². The van der Waals surface area contributed by atoms with E-state index in [1.807, 2.05) is 30.5 Å². The average Bonchev–Trinajstić information content (AvgIpc) is 2.29. The van der Waals surface area contributed by atoms with Crippen molar-refractivity contribution in [3.8, 4) is 0 Å². The first kappa shape index (κ1) is 12.2. The third-order valence-corrected chi connectivity index (χ3v) is 3.06. The molecule has 2 aromatic rings. The first-order valence-corrected chi connectivity index (χ1v) is 6.39. The molecule has 0 saturated heterocycles. The molecule has 1 N–H and O–H groups in total. The van der Waals surface area contributed by atoms with E-state index in [1.165, 1.54) is 6.42 Å². The number of halogens is 1. The summed E-state index contributed by atoms with van der Waals surface area (Å²) in [5.74, 6) is 0. The Bertz CT molecular complexity index is 511. The van der Waals surface area contributed by atoms with Gasteiger partial charge < -0.3 is 5.32 Å². The molecule has 1 aromatic carbocycles. The molecule has 0 spiro atoms. The minimum Gasteiger partial charge on any atom is -0.382 e. The molecule has 0 aliphatic rings. The Labute approximate surface area is 107 Å². The molecule has 90 valence electrons. The second kappa shape index (κ2) is 5.37. The van der Waals surface area contributed by atoms with Gasteiger partial charge in [-0.05, 0) is 37.6 Å². The van der Waals surface area contributed by atoms with Crippen LogP contribution in [-0.2, 0) is 0 Å². The Morgan fingerprint density at radius 1 is 1.35 bits per heavy atom. The van der Waals surface area contributed by atoms with E-state index in [0.717, 1.165) is 28.0 Å². The second-order valence-corrected chi connectivity index (χ2v) is 4.79. The normalized spacial score (nSPS) is 12.6. The van der Waals surface area contributed by atoms with Crippen LogP contribution >= 0.6 is 11.6 Å². The summed E-state index contributed by atoms with van der Waals surface area (Å²) in [6, 6.07) is 8.31. The summed E-state index contributed by atoms with van der Waals surface area (Å²) >= 11 is 5.97. The van der Waals surface area contributed by atoms with Gasteiger partial charge in [-0.2, -0.15) is 0 Å². The number of nitrogens with one attached hydrogen (secondary N) is 1. The molecule has 2 rings (SSSR count). The summed E-state index contributed by atoms with van der Waals surface area (Å²) in [5.41, 5.74) is 2.07. The van der Waals surface area contributed by atoms with Gasteiger partial charge in [-0.1, -0.05) is 24.9 Å². The highest BCUT2D eigenvalue weighted by Crippen LogP contribution is 2.25. The van der Waals surface area contributed by atoms with Gasteiger partial charge in [0, 0.05) is 28.3 Å². The van der Waals surface area contributed by atoms with Gasteiger partial charge in [0.15, 0.2) is 0 Å². The number of pyridine rings is 1. The number of anilines is 1. The lowest BCUT2D eigenvalue weighted by molar-refractivity contribution is 0.691. The molecule has 3 heteroatoms. The van der Waals surface area contributed by atoms with Gasteiger partial charge in [0.2, 0.25) is 0 Å². The fraction of sp³-hybridized carbons (Fsp3) is 0.357. The maximum atomic E-state index is 5.97. The Balaban J connectivity index is 2.34. The van der Waals surface area contributed by atoms with E-state index >= 15 is 0 Å². The molecule has 1 atom stereocenters. The SMILES string of the molecule is CCCC(C)Nc1ccnc2cc(Cl)ccc12. The van der Waals surface area contributed by atoms with E-state index in [4.69, 9.17) is 11.6 Å². The molecule has 0 aliphatic heterocycles. The molecular weight excluding hydrogens is 232 g/mol. The first-order chi connectivity index (χ1) is 8.20. The summed E-state index contributed by atoms with van der Waals surface area (Å²) < 4.78 is 0. The second-order valence-electron chi connectivity index (χ2n) is 4.35. The molecule has 17 heavy (non-hydrogen) atoms. The van der Waals surface area contributed by atoms with E-state index in [0.29, 0.717) is 6.04 Å². The van der Waals surface area contributed by atoms with E-state index in [9.17, 15) is 0 Å². The maximum Gasteiger partial charge on any atom is 0.0737 e. The van der Waals surface area contributed by atoms with Gasteiger partial charge in [0.1, 0.15) is 0 Å². The Hall–Kier alpha value is -1.28. The summed E-state index contributed by atoms with van der Waals surface area (Å²) in [6.45, 7) is 4.40. The fourth-order valence-corrected chi connectivity index (χ4v) is 2.18. The highest BCUT2D eigenvalue weighted by molar-refractivity contribution is 6.31. The van der Waals surface area contributed by atoms with Crippen molar-refractivity contribution in [1.29, 1.82) is 0 Å². The van der Waals surface area contributed by atoms with Gasteiger partial charge in [-0.15, -0.1) is 0 Å². The Morgan fingerprint density at radius 2 is 2.18 bits per heavy atom. The molecule has 0 fully saturated rings. The summed E-state index contributed by atoms with van der Waals surface area (Å²) in [6.07, 6.45) is 4.17. The van der Waals surface area contributed by atoms with E-state index < -0.39 is 0 Å². The molecule has 0 saturated carbocycles. The van der Waals surface area contributed by atoms with Crippen molar-refractivity contribution in [3.05, 3.63) is 35.5 Å². The van der Waals surface area contributed by atoms with Crippen LogP contribution in [0.2, 0.25) is 5.02 Å². The lowest BCUT2D eigenvalue weighted by atomic mass is 10.1. The van der Waals surface area contributed by atoms with Gasteiger partial charge in [0.25, 0.3) is 0 Å². The van der Waals surface area contributed by atoms with Crippen LogP contribution < -0.4 is 5.32 Å². The Kier molecular flexibility index (Phi) is 3.85. The van der Waals surface area contributed by atoms with Crippen molar-refractivity contribution in [2.45, 2.75) is 32.7 Å². The van der Waals surface area contributed by atoms with Gasteiger partial charge >= 0.3 is 0 Å². The quantitative estimate of drug-likeness (QED) is 0.862. The van der Waals surface area contributed by atoms with Crippen LogP contribution in [0.15, 0.2) is 30.5 Å². The van der Waals surface area contributed by atoms with Crippen molar-refractivity contribution in [2.75, 3.05) is 5.32 Å². The van der Waals surface area contributed by atoms with Gasteiger partial charge in [-0.3, -0.25) is 4.98 Å². The van der Waals surface area contributed by atoms with Crippen molar-refractivity contribution >= 4 is 28.2 Å². The Morgan fingerprint density at radius 3 is 2.94 bits per heavy atom. The third-order valence-electron chi connectivity index (χ3n) is 2.83. The first-order valence-electron chi connectivity index (χ1n) is 6.01. The summed E-state index contributed by atoms with van der Waals surface area (Å²) in [7, 11) is 0. The summed E-state index contributed by atoms with van der Waals surface area (Å²) in [4.78, 5) is 4.33. The van der Waals surface area contributed by atoms with Gasteiger partial charge in [0.05, 0.1) is 5.52 Å². The van der Waals surface area contributed by atoms with Crippen LogP contribution in [0.4, 0.5) is 5.69 Å². The average molecular weight is 249 g/mol. The molecular formula is C14H17ClN2. The smallest absolute Gasteiger partial charge is 0.0737 e. The molecule has 2 nitrogen and oxygen atoms in total. The largest absolute Gasteiger partial charge is 0.382 e. The minimum absolute atomic E-state index is 0.473. The molecule has 0 radical (unpaired) electrons. The van der Waals surface area contributed by atoms with E-state index in [1.54, 1.807) is 0 Å². The number of nitrogens with zero attached hydrogens (tertiary/aromatic N) is 1. The number of hydrogen-bond acceptors (Lipinski definition) is 2. The van der Waals surface area contributed by atoms with Crippen LogP contribution in [0, 0.1) is 0 Å². The number of benzene rings is 1. The summed E-state index contributed by atoms with van der Waals surface area (Å²) in [5, 5.41) is 5.37. The molecule has 1 unspecified atom stereocenters. The van der Waals surface area contributed by atoms with Crippen LogP contribution in [0.5, 0.6) is 0 Å². The number of aromatic nitrogens is 1. The molecule has 0 amide bonds. The fourth-order valence-electron chi connectivity index (χ4n) is 2.02. The predicted molar refractivity (Wildman–Crippen MR) is 74.7 cm³/mol. The number of fused-ring (bicyclic) bond motifs is 1. The highest BCUT2D eigenvalue weighted by Gasteiger charge is 2.05. The zero-order valence-corrected chi connectivity index (χ0v) is 11.0. The lowest BCUT2D eigenvalue weighted by Crippen LogP contribution is -2.14. The lowest BCUT2D eigenvalue weighted by Gasteiger charge is -2.15. The monoisotopic (exact) mass is 248 g/mol. The maximum absolute atomic E-state index is 5.97. The van der Waals surface area contributed by atoms with Crippen LogP contribution in [0.3, 0.4) is 0 Å². The van der Waals surface area contributed by atoms with E-state index in [2.05, 4.69) is 24.1 Å². The number of hydrogen-bond donors (Lipinski definition) is 1. The van der Waals surface area contributed by atoms with Crippen molar-refractivity contribution < 1.29 is 0 Å². The molecule has 0 aliphatic carbocycles. The van der Waals surface area contributed by atoms with Crippen LogP contribution in [0.1, 0.15) is 26.7 Å². The van der Waals surface area contributed by atoms with Crippen molar-refractivity contribution in [1.82, 2.24) is 4.98 Å².